The summed E-state index contributed by atoms with van der Waals surface area (Å²) in [6.45, 7) is 1.36. The van der Waals surface area contributed by atoms with E-state index in [4.69, 9.17) is 0 Å². The summed E-state index contributed by atoms with van der Waals surface area (Å²) in [5.41, 5.74) is 2.70. The molecule has 1 aliphatic carbocycles. The maximum Gasteiger partial charge on any atom is 0.0459 e. The lowest BCUT2D eigenvalue weighted by molar-refractivity contribution is 0.124. The molecule has 0 saturated heterocycles. The predicted octanol–water partition coefficient (Wildman–Crippen LogP) is 2.74. The van der Waals surface area contributed by atoms with Gasteiger partial charge in [-0.3, -0.25) is 4.90 Å². The van der Waals surface area contributed by atoms with Gasteiger partial charge in [-0.25, -0.2) is 0 Å². The quantitative estimate of drug-likeness (QED) is 0.896. The standard InChI is InChI=1S/C17H28N2O/c1-18(2)17-7-5-4-6-15(17)12-19(3)16-10-8-14(13-20)9-11-16/h4-7,14,16,20H,8-13H2,1-3H3. The third-order valence-corrected chi connectivity index (χ3v) is 4.59. The van der Waals surface area contributed by atoms with Crippen molar-refractivity contribution >= 4 is 5.69 Å². The summed E-state index contributed by atoms with van der Waals surface area (Å²) in [5.74, 6) is 0.536. The third kappa shape index (κ3) is 3.74. The Morgan fingerprint density at radius 1 is 1.05 bits per heavy atom. The van der Waals surface area contributed by atoms with E-state index in [1.807, 2.05) is 0 Å². The molecule has 2 rings (SSSR count). The monoisotopic (exact) mass is 276 g/mol. The first kappa shape index (κ1) is 15.3. The lowest BCUT2D eigenvalue weighted by Crippen LogP contribution is -2.35. The van der Waals surface area contributed by atoms with Crippen LogP contribution in [-0.2, 0) is 6.54 Å². The van der Waals surface area contributed by atoms with Crippen LogP contribution in [0.5, 0.6) is 0 Å². The van der Waals surface area contributed by atoms with Crippen LogP contribution in [0.1, 0.15) is 31.2 Å². The second-order valence-electron chi connectivity index (χ2n) is 6.30. The average Bonchev–Trinajstić information content (AvgIpc) is 2.47. The molecule has 1 aliphatic rings. The lowest BCUT2D eigenvalue weighted by Gasteiger charge is -2.34. The molecule has 0 unspecified atom stereocenters. The highest BCUT2D eigenvalue weighted by molar-refractivity contribution is 5.52. The van der Waals surface area contributed by atoms with Crippen LogP contribution in [0.3, 0.4) is 0 Å². The second-order valence-corrected chi connectivity index (χ2v) is 6.30. The van der Waals surface area contributed by atoms with Crippen molar-refractivity contribution in [3.8, 4) is 0 Å². The molecule has 0 amide bonds. The molecular formula is C17H28N2O. The first-order valence-corrected chi connectivity index (χ1v) is 7.68. The highest BCUT2D eigenvalue weighted by Gasteiger charge is 2.23. The van der Waals surface area contributed by atoms with Crippen LogP contribution in [0, 0.1) is 5.92 Å². The number of para-hydroxylation sites is 1. The Bertz CT molecular complexity index is 411. The van der Waals surface area contributed by atoms with Gasteiger partial charge in [-0.15, -0.1) is 0 Å². The van der Waals surface area contributed by atoms with Gasteiger partial charge < -0.3 is 10.0 Å². The Balaban J connectivity index is 1.96. The average molecular weight is 276 g/mol. The SMILES string of the molecule is CN(C)c1ccccc1CN(C)C1CCC(CO)CC1. The zero-order chi connectivity index (χ0) is 14.5. The fourth-order valence-electron chi connectivity index (χ4n) is 3.25. The van der Waals surface area contributed by atoms with Crippen LogP contribution in [0.25, 0.3) is 0 Å². The molecular weight excluding hydrogens is 248 g/mol. The number of anilines is 1. The van der Waals surface area contributed by atoms with Crippen LogP contribution in [0.2, 0.25) is 0 Å². The van der Waals surface area contributed by atoms with Gasteiger partial charge in [0.2, 0.25) is 0 Å². The Morgan fingerprint density at radius 2 is 1.70 bits per heavy atom. The van der Waals surface area contributed by atoms with Crippen LogP contribution in [0.4, 0.5) is 5.69 Å². The predicted molar refractivity (Wildman–Crippen MR) is 85.1 cm³/mol. The summed E-state index contributed by atoms with van der Waals surface area (Å²) in [5, 5.41) is 9.23. The van der Waals surface area contributed by atoms with Crippen molar-refractivity contribution in [1.82, 2.24) is 4.90 Å². The van der Waals surface area contributed by atoms with Gasteiger partial charge in [0.15, 0.2) is 0 Å². The van der Waals surface area contributed by atoms with Crippen molar-refractivity contribution in [3.05, 3.63) is 29.8 Å². The van der Waals surface area contributed by atoms with E-state index in [1.165, 1.54) is 36.9 Å². The lowest BCUT2D eigenvalue weighted by atomic mass is 9.86. The molecule has 0 aromatic heterocycles. The largest absolute Gasteiger partial charge is 0.396 e. The van der Waals surface area contributed by atoms with E-state index in [0.29, 0.717) is 18.6 Å². The van der Waals surface area contributed by atoms with Crippen LogP contribution in [0.15, 0.2) is 24.3 Å². The Morgan fingerprint density at radius 3 is 2.30 bits per heavy atom. The van der Waals surface area contributed by atoms with Gasteiger partial charge in [-0.05, 0) is 50.3 Å². The fraction of sp³-hybridized carbons (Fsp3) is 0.647. The number of nitrogens with zero attached hydrogens (tertiary/aromatic N) is 2. The Labute approximate surface area is 123 Å². The van der Waals surface area contributed by atoms with E-state index in [-0.39, 0.29) is 0 Å². The minimum absolute atomic E-state index is 0.361. The molecule has 3 nitrogen and oxygen atoms in total. The van der Waals surface area contributed by atoms with Crippen LogP contribution in [-0.4, -0.2) is 43.8 Å². The number of benzene rings is 1. The maximum absolute atomic E-state index is 9.23. The number of aliphatic hydroxyl groups excluding tert-OH is 1. The number of hydrogen-bond acceptors (Lipinski definition) is 3. The van der Waals surface area contributed by atoms with Gasteiger partial charge in [-0.2, -0.15) is 0 Å². The van der Waals surface area contributed by atoms with E-state index >= 15 is 0 Å². The fourth-order valence-corrected chi connectivity index (χ4v) is 3.25. The molecule has 20 heavy (non-hydrogen) atoms. The number of hydrogen-bond donors (Lipinski definition) is 1. The van der Waals surface area contributed by atoms with E-state index < -0.39 is 0 Å². The molecule has 0 aliphatic heterocycles. The molecule has 0 bridgehead atoms. The van der Waals surface area contributed by atoms with Crippen LogP contribution >= 0.6 is 0 Å². The molecule has 1 N–H and O–H groups in total. The maximum atomic E-state index is 9.23. The Hall–Kier alpha value is -1.06. The molecule has 0 atom stereocenters. The molecule has 3 heteroatoms. The van der Waals surface area contributed by atoms with Gasteiger partial charge in [-0.1, -0.05) is 18.2 Å². The van der Waals surface area contributed by atoms with Gasteiger partial charge in [0.1, 0.15) is 0 Å². The molecule has 1 fully saturated rings. The summed E-state index contributed by atoms with van der Waals surface area (Å²) in [7, 11) is 6.44. The molecule has 112 valence electrons. The van der Waals surface area contributed by atoms with Crippen molar-refractivity contribution in [2.45, 2.75) is 38.3 Å². The first-order chi connectivity index (χ1) is 9.61. The molecule has 0 radical (unpaired) electrons. The minimum Gasteiger partial charge on any atom is -0.396 e. The van der Waals surface area contributed by atoms with Crippen molar-refractivity contribution in [3.63, 3.8) is 0 Å². The van der Waals surface area contributed by atoms with E-state index in [1.54, 1.807) is 0 Å². The molecule has 1 saturated carbocycles. The highest BCUT2D eigenvalue weighted by atomic mass is 16.3. The number of aliphatic hydroxyl groups is 1. The molecule has 0 heterocycles. The Kier molecular flexibility index (Phi) is 5.44. The summed E-state index contributed by atoms with van der Waals surface area (Å²) in [4.78, 5) is 4.67. The summed E-state index contributed by atoms with van der Waals surface area (Å²) in [6, 6.07) is 9.30. The summed E-state index contributed by atoms with van der Waals surface area (Å²) < 4.78 is 0. The van der Waals surface area contributed by atoms with E-state index in [2.05, 4.69) is 55.2 Å². The molecule has 0 spiro atoms. The number of rotatable bonds is 5. The van der Waals surface area contributed by atoms with Crippen molar-refractivity contribution < 1.29 is 5.11 Å². The zero-order valence-electron chi connectivity index (χ0n) is 13.0. The van der Waals surface area contributed by atoms with Crippen molar-refractivity contribution in [2.75, 3.05) is 32.6 Å². The summed E-state index contributed by atoms with van der Waals surface area (Å²) >= 11 is 0. The van der Waals surface area contributed by atoms with E-state index in [0.717, 1.165) is 6.54 Å². The van der Waals surface area contributed by atoms with E-state index in [9.17, 15) is 5.11 Å². The van der Waals surface area contributed by atoms with Gasteiger partial charge in [0, 0.05) is 39.0 Å². The smallest absolute Gasteiger partial charge is 0.0459 e. The topological polar surface area (TPSA) is 26.7 Å². The normalized spacial score (nSPS) is 23.1. The van der Waals surface area contributed by atoms with Gasteiger partial charge >= 0.3 is 0 Å². The minimum atomic E-state index is 0.361. The highest BCUT2D eigenvalue weighted by Crippen LogP contribution is 2.28. The second kappa shape index (κ2) is 7.09. The third-order valence-electron chi connectivity index (χ3n) is 4.59. The van der Waals surface area contributed by atoms with Crippen LogP contribution < -0.4 is 4.90 Å². The molecule has 1 aromatic rings. The zero-order valence-corrected chi connectivity index (χ0v) is 13.0. The first-order valence-electron chi connectivity index (χ1n) is 7.68. The molecule has 1 aromatic carbocycles. The van der Waals surface area contributed by atoms with Gasteiger partial charge in [0.25, 0.3) is 0 Å². The van der Waals surface area contributed by atoms with Gasteiger partial charge in [0.05, 0.1) is 0 Å². The van der Waals surface area contributed by atoms with Crippen molar-refractivity contribution in [1.29, 1.82) is 0 Å². The van der Waals surface area contributed by atoms with Crippen molar-refractivity contribution in [2.24, 2.45) is 5.92 Å². The summed E-state index contributed by atoms with van der Waals surface area (Å²) in [6.07, 6.45) is 4.76.